The Morgan fingerprint density at radius 2 is 1.57 bits per heavy atom. The topological polar surface area (TPSA) is 29.5 Å². The molecule has 1 aromatic carbocycles. The molecule has 128 valence electrons. The van der Waals surface area contributed by atoms with Crippen LogP contribution in [0.3, 0.4) is 0 Å². The summed E-state index contributed by atoms with van der Waals surface area (Å²) in [4.78, 5) is 21.3. The van der Waals surface area contributed by atoms with Gasteiger partial charge >= 0.3 is 146 Å². The van der Waals surface area contributed by atoms with Crippen molar-refractivity contribution >= 4 is 30.5 Å². The quantitative estimate of drug-likeness (QED) is 0.588. The van der Waals surface area contributed by atoms with Crippen LogP contribution in [0.2, 0.25) is 14.8 Å². The Labute approximate surface area is 145 Å². The number of benzene rings is 1. The van der Waals surface area contributed by atoms with Gasteiger partial charge in [-0.3, -0.25) is 0 Å². The van der Waals surface area contributed by atoms with Crippen molar-refractivity contribution in [2.24, 2.45) is 0 Å². The van der Waals surface area contributed by atoms with Gasteiger partial charge in [0.15, 0.2) is 0 Å². The molecule has 3 nitrogen and oxygen atoms in total. The average molecular weight is 424 g/mol. The number of ether oxygens (including phenoxy) is 1. The molecule has 0 saturated carbocycles. The third-order valence-corrected chi connectivity index (χ3v) is 9.43. The standard InChI is InChI=1S/C16H22NO2.3CH3.Sn/c1-13(2)17(14(3)4)16(18)19-12-8-11-15-9-6-5-7-10-15;;;;/h5-14H,1-4H3;3*1H3;/b11-8+;;;;. The molecule has 0 heterocycles. The van der Waals surface area contributed by atoms with Crippen LogP contribution in [0.5, 0.6) is 0 Å². The van der Waals surface area contributed by atoms with Gasteiger partial charge in [0.2, 0.25) is 0 Å². The number of hydrogen-bond donors (Lipinski definition) is 0. The van der Waals surface area contributed by atoms with Crippen molar-refractivity contribution in [1.82, 2.24) is 4.90 Å². The first-order chi connectivity index (χ1) is 10.6. The van der Waals surface area contributed by atoms with Gasteiger partial charge < -0.3 is 0 Å². The third kappa shape index (κ3) is 6.58. The van der Waals surface area contributed by atoms with Gasteiger partial charge in [-0.1, -0.05) is 0 Å². The van der Waals surface area contributed by atoms with Crippen LogP contribution in [-0.2, 0) is 4.74 Å². The fourth-order valence-electron chi connectivity index (χ4n) is 2.45. The molecule has 0 aliphatic heterocycles. The Morgan fingerprint density at radius 1 is 1.04 bits per heavy atom. The Bertz CT molecular complexity index is 510. The van der Waals surface area contributed by atoms with Gasteiger partial charge in [0.25, 0.3) is 0 Å². The van der Waals surface area contributed by atoms with Crippen LogP contribution in [0.25, 0.3) is 6.08 Å². The normalized spacial score (nSPS) is 13.6. The molecule has 4 heteroatoms. The van der Waals surface area contributed by atoms with E-state index in [1.807, 2.05) is 45.9 Å². The van der Waals surface area contributed by atoms with E-state index in [2.05, 4.69) is 39.1 Å². The van der Waals surface area contributed by atoms with Crippen molar-refractivity contribution in [2.45, 2.75) is 58.7 Å². The van der Waals surface area contributed by atoms with Crippen LogP contribution in [-0.4, -0.2) is 45.6 Å². The number of carbonyl (C=O) groups is 1. The van der Waals surface area contributed by atoms with Crippen molar-refractivity contribution in [3.63, 3.8) is 0 Å². The minimum absolute atomic E-state index is 0.0722. The molecular weight excluding hydrogens is 393 g/mol. The van der Waals surface area contributed by atoms with Gasteiger partial charge in [-0.2, -0.15) is 0 Å². The fraction of sp³-hybridized carbons (Fsp3) is 0.526. The number of nitrogens with zero attached hydrogens (tertiary/aromatic N) is 1. The van der Waals surface area contributed by atoms with Gasteiger partial charge in [0, 0.05) is 0 Å². The molecule has 0 radical (unpaired) electrons. The Balaban J connectivity index is 2.91. The zero-order chi connectivity index (χ0) is 17.6. The molecule has 0 bridgehead atoms. The van der Waals surface area contributed by atoms with Gasteiger partial charge in [0.1, 0.15) is 0 Å². The van der Waals surface area contributed by atoms with Crippen LogP contribution >= 0.6 is 0 Å². The molecular formula is C19H31NO2Sn. The van der Waals surface area contributed by atoms with Crippen molar-refractivity contribution in [2.75, 3.05) is 0 Å². The maximum atomic E-state index is 12.6. The van der Waals surface area contributed by atoms with E-state index in [9.17, 15) is 4.79 Å². The van der Waals surface area contributed by atoms with E-state index in [-0.39, 0.29) is 22.3 Å². The average Bonchev–Trinajstić information content (AvgIpc) is 2.42. The maximum absolute atomic E-state index is 12.6. The summed E-state index contributed by atoms with van der Waals surface area (Å²) in [6, 6.07) is 10.4. The first-order valence-corrected chi connectivity index (χ1v) is 18.6. The van der Waals surface area contributed by atoms with Crippen LogP contribution in [0.1, 0.15) is 33.3 Å². The van der Waals surface area contributed by atoms with E-state index in [1.54, 1.807) is 4.90 Å². The molecule has 1 amide bonds. The zero-order valence-corrected chi connectivity index (χ0v) is 18.4. The van der Waals surface area contributed by atoms with E-state index >= 15 is 0 Å². The number of hydrogen-bond acceptors (Lipinski definition) is 2. The van der Waals surface area contributed by atoms with E-state index in [1.165, 1.54) is 0 Å². The molecule has 1 atom stereocenters. The molecule has 0 fully saturated rings. The second kappa shape index (κ2) is 8.76. The van der Waals surface area contributed by atoms with Gasteiger partial charge in [-0.15, -0.1) is 0 Å². The molecule has 1 aromatic rings. The Hall–Kier alpha value is -0.971. The summed E-state index contributed by atoms with van der Waals surface area (Å²) >= 11 is -2.45. The Kier molecular flexibility index (Phi) is 7.65. The van der Waals surface area contributed by atoms with E-state index in [4.69, 9.17) is 4.74 Å². The third-order valence-electron chi connectivity index (χ3n) is 3.67. The van der Waals surface area contributed by atoms with Crippen molar-refractivity contribution in [3.05, 3.63) is 42.0 Å². The van der Waals surface area contributed by atoms with Crippen LogP contribution in [0.4, 0.5) is 4.79 Å². The van der Waals surface area contributed by atoms with E-state index in [0.717, 1.165) is 5.56 Å². The summed E-state index contributed by atoms with van der Waals surface area (Å²) < 4.78 is 5.84. The molecule has 0 unspecified atom stereocenters. The monoisotopic (exact) mass is 425 g/mol. The summed E-state index contributed by atoms with van der Waals surface area (Å²) in [5.74, 6) is 0. The summed E-state index contributed by atoms with van der Waals surface area (Å²) in [6.45, 7) is 8.10. The van der Waals surface area contributed by atoms with Crippen LogP contribution in [0, 0.1) is 0 Å². The zero-order valence-electron chi connectivity index (χ0n) is 15.5. The van der Waals surface area contributed by atoms with Gasteiger partial charge in [-0.25, -0.2) is 0 Å². The van der Waals surface area contributed by atoms with E-state index < -0.39 is 18.4 Å². The first-order valence-electron chi connectivity index (χ1n) is 8.35. The summed E-state index contributed by atoms with van der Waals surface area (Å²) in [5, 5.41) is 0. The fourth-order valence-corrected chi connectivity index (χ4v) is 5.67. The van der Waals surface area contributed by atoms with Crippen molar-refractivity contribution < 1.29 is 9.53 Å². The van der Waals surface area contributed by atoms with Gasteiger partial charge in [0.05, 0.1) is 0 Å². The molecule has 0 aliphatic rings. The van der Waals surface area contributed by atoms with E-state index in [0.29, 0.717) is 0 Å². The first kappa shape index (κ1) is 20.1. The molecule has 0 N–H and O–H groups in total. The molecule has 0 spiro atoms. The Morgan fingerprint density at radius 3 is 2.00 bits per heavy atom. The van der Waals surface area contributed by atoms with Crippen LogP contribution < -0.4 is 0 Å². The SMILES string of the molecule is CC(C)N(C(=O)O[C@H](/C=C/c1ccccc1)[Sn]([CH3])([CH3])[CH3])C(C)C. The second-order valence-corrected chi connectivity index (χ2v) is 22.7. The predicted octanol–water partition coefficient (Wildman–Crippen LogP) is 5.20. The van der Waals surface area contributed by atoms with Gasteiger partial charge in [-0.05, 0) is 0 Å². The number of carbonyl (C=O) groups excluding carboxylic acids is 1. The number of amides is 1. The van der Waals surface area contributed by atoms with Crippen molar-refractivity contribution in [1.29, 1.82) is 0 Å². The molecule has 0 aliphatic carbocycles. The summed E-state index contributed by atoms with van der Waals surface area (Å²) in [7, 11) is 0. The molecule has 23 heavy (non-hydrogen) atoms. The summed E-state index contributed by atoms with van der Waals surface area (Å²) in [5.41, 5.74) is 1.13. The minimum atomic E-state index is -2.45. The summed E-state index contributed by atoms with van der Waals surface area (Å²) in [6.07, 6.45) is 3.93. The van der Waals surface area contributed by atoms with Crippen LogP contribution in [0.15, 0.2) is 36.4 Å². The predicted molar refractivity (Wildman–Crippen MR) is 101 cm³/mol. The van der Waals surface area contributed by atoms with Crippen molar-refractivity contribution in [3.8, 4) is 0 Å². The molecule has 0 saturated heterocycles. The second-order valence-electron chi connectivity index (χ2n) is 7.53. The molecule has 0 aromatic heterocycles. The molecule has 1 rings (SSSR count). The number of rotatable bonds is 6.